The lowest BCUT2D eigenvalue weighted by molar-refractivity contribution is 0.0985. The Morgan fingerprint density at radius 3 is 2.94 bits per heavy atom. The fourth-order valence-electron chi connectivity index (χ4n) is 1.62. The first kappa shape index (κ1) is 11.8. The van der Waals surface area contributed by atoms with Crippen molar-refractivity contribution in [2.45, 2.75) is 26.8 Å². The maximum absolute atomic E-state index is 11.9. The number of ketones is 1. The summed E-state index contributed by atoms with van der Waals surface area (Å²) < 4.78 is 1.73. The van der Waals surface area contributed by atoms with Crippen LogP contribution >= 0.6 is 11.6 Å². The molecule has 0 aliphatic heterocycles. The summed E-state index contributed by atoms with van der Waals surface area (Å²) in [4.78, 5) is 11.9. The molecule has 90 valence electrons. The number of H-pyrrole nitrogens is 1. The first-order chi connectivity index (χ1) is 8.13. The summed E-state index contributed by atoms with van der Waals surface area (Å²) in [6.45, 7) is 4.44. The highest BCUT2D eigenvalue weighted by Gasteiger charge is 2.18. The number of halogens is 1. The Bertz CT molecular complexity index is 531. The maximum atomic E-state index is 11.9. The molecule has 0 saturated carbocycles. The van der Waals surface area contributed by atoms with Gasteiger partial charge in [0.2, 0.25) is 0 Å². The van der Waals surface area contributed by atoms with Crippen molar-refractivity contribution >= 4 is 17.4 Å². The van der Waals surface area contributed by atoms with Crippen molar-refractivity contribution in [3.8, 4) is 0 Å². The van der Waals surface area contributed by atoms with Gasteiger partial charge in [0, 0.05) is 6.54 Å². The van der Waals surface area contributed by atoms with Gasteiger partial charge in [0.15, 0.2) is 5.78 Å². The van der Waals surface area contributed by atoms with Crippen LogP contribution in [-0.4, -0.2) is 31.0 Å². The fraction of sp³-hybridized carbons (Fsp3) is 0.400. The Morgan fingerprint density at radius 2 is 2.35 bits per heavy atom. The Kier molecular flexibility index (Phi) is 3.23. The van der Waals surface area contributed by atoms with Crippen molar-refractivity contribution in [3.05, 3.63) is 28.3 Å². The fourth-order valence-corrected chi connectivity index (χ4v) is 1.82. The third kappa shape index (κ3) is 2.21. The Labute approximate surface area is 103 Å². The normalized spacial score (nSPS) is 10.8. The topological polar surface area (TPSA) is 76.5 Å². The van der Waals surface area contributed by atoms with Gasteiger partial charge in [0.25, 0.3) is 0 Å². The summed E-state index contributed by atoms with van der Waals surface area (Å²) in [6.07, 6.45) is 1.58. The van der Waals surface area contributed by atoms with Gasteiger partial charge < -0.3 is 0 Å². The monoisotopic (exact) mass is 253 g/mol. The van der Waals surface area contributed by atoms with E-state index in [1.54, 1.807) is 4.68 Å². The van der Waals surface area contributed by atoms with Crippen LogP contribution in [0.3, 0.4) is 0 Å². The molecule has 2 heterocycles. The molecule has 0 bridgehead atoms. The number of aromatic nitrogens is 5. The molecule has 17 heavy (non-hydrogen) atoms. The third-order valence-corrected chi connectivity index (χ3v) is 2.97. The average Bonchev–Trinajstić information content (AvgIpc) is 2.92. The highest BCUT2D eigenvalue weighted by atomic mass is 35.5. The van der Waals surface area contributed by atoms with E-state index in [1.165, 1.54) is 6.20 Å². The van der Waals surface area contributed by atoms with Gasteiger partial charge in [-0.3, -0.25) is 9.48 Å². The lowest BCUT2D eigenvalue weighted by Gasteiger charge is -2.03. The van der Waals surface area contributed by atoms with Crippen LogP contribution in [0, 0.1) is 6.92 Å². The van der Waals surface area contributed by atoms with E-state index >= 15 is 0 Å². The number of nitrogens with zero attached hydrogens (tertiary/aromatic N) is 4. The van der Waals surface area contributed by atoms with E-state index in [4.69, 9.17) is 11.6 Å². The van der Waals surface area contributed by atoms with E-state index in [1.807, 2.05) is 13.8 Å². The Hall–Kier alpha value is -1.69. The van der Waals surface area contributed by atoms with Gasteiger partial charge in [0.05, 0.1) is 29.0 Å². The Balaban J connectivity index is 2.27. The number of hydrogen-bond acceptors (Lipinski definition) is 4. The second kappa shape index (κ2) is 4.67. The summed E-state index contributed by atoms with van der Waals surface area (Å²) in [7, 11) is 0. The van der Waals surface area contributed by atoms with Gasteiger partial charge in [-0.1, -0.05) is 11.6 Å². The van der Waals surface area contributed by atoms with Crippen molar-refractivity contribution < 1.29 is 4.79 Å². The summed E-state index contributed by atoms with van der Waals surface area (Å²) in [6, 6.07) is 0. The van der Waals surface area contributed by atoms with Gasteiger partial charge in [-0.2, -0.15) is 20.5 Å². The van der Waals surface area contributed by atoms with E-state index in [2.05, 4.69) is 20.5 Å². The summed E-state index contributed by atoms with van der Waals surface area (Å²) in [5.41, 5.74) is 1.76. The first-order valence-electron chi connectivity index (χ1n) is 5.24. The van der Waals surface area contributed by atoms with Gasteiger partial charge >= 0.3 is 0 Å². The molecular formula is C10H12ClN5O. The molecule has 2 aromatic rings. The standard InChI is InChI=1S/C10H12ClN5O/c1-3-16-8(10(11)6(2)14-16)4-9(17)7-5-12-15-13-7/h5H,3-4H2,1-2H3,(H,12,13,15). The van der Waals surface area contributed by atoms with Crippen molar-refractivity contribution in [1.29, 1.82) is 0 Å². The summed E-state index contributed by atoms with van der Waals surface area (Å²) in [5.74, 6) is -0.129. The van der Waals surface area contributed by atoms with E-state index in [0.29, 0.717) is 17.3 Å². The molecule has 0 atom stereocenters. The van der Waals surface area contributed by atoms with Crippen molar-refractivity contribution in [2.75, 3.05) is 0 Å². The van der Waals surface area contributed by atoms with E-state index < -0.39 is 0 Å². The molecule has 0 spiro atoms. The number of carbonyl (C=O) groups is 1. The number of Topliss-reactive ketones (excluding diaryl/α,β-unsaturated/α-hetero) is 1. The van der Waals surface area contributed by atoms with Crippen LogP contribution in [-0.2, 0) is 13.0 Å². The molecule has 0 aliphatic rings. The molecule has 0 saturated heterocycles. The Morgan fingerprint density at radius 1 is 1.59 bits per heavy atom. The maximum Gasteiger partial charge on any atom is 0.190 e. The highest BCUT2D eigenvalue weighted by Crippen LogP contribution is 2.21. The van der Waals surface area contributed by atoms with Crippen molar-refractivity contribution in [2.24, 2.45) is 0 Å². The lowest BCUT2D eigenvalue weighted by Crippen LogP contribution is -2.10. The minimum Gasteiger partial charge on any atom is -0.292 e. The molecule has 2 rings (SSSR count). The molecule has 0 amide bonds. The predicted molar refractivity (Wildman–Crippen MR) is 62.1 cm³/mol. The molecule has 0 fully saturated rings. The number of nitrogens with one attached hydrogen (secondary N) is 1. The van der Waals surface area contributed by atoms with Gasteiger partial charge in [-0.05, 0) is 13.8 Å². The number of aromatic amines is 1. The molecule has 7 heteroatoms. The number of aryl methyl sites for hydroxylation is 2. The van der Waals surface area contributed by atoms with Crippen molar-refractivity contribution in [1.82, 2.24) is 25.2 Å². The minimum absolute atomic E-state index is 0.129. The van der Waals surface area contributed by atoms with E-state index in [0.717, 1.165) is 11.4 Å². The summed E-state index contributed by atoms with van der Waals surface area (Å²) >= 11 is 6.12. The highest BCUT2D eigenvalue weighted by molar-refractivity contribution is 6.32. The molecule has 6 nitrogen and oxygen atoms in total. The number of rotatable bonds is 4. The molecule has 0 aliphatic carbocycles. The van der Waals surface area contributed by atoms with Crippen LogP contribution < -0.4 is 0 Å². The molecule has 1 N–H and O–H groups in total. The van der Waals surface area contributed by atoms with Crippen LogP contribution in [0.1, 0.15) is 28.8 Å². The minimum atomic E-state index is -0.129. The van der Waals surface area contributed by atoms with Gasteiger partial charge in [-0.15, -0.1) is 0 Å². The van der Waals surface area contributed by atoms with Crippen LogP contribution in [0.5, 0.6) is 0 Å². The first-order valence-corrected chi connectivity index (χ1v) is 5.62. The van der Waals surface area contributed by atoms with Crippen LogP contribution in [0.4, 0.5) is 0 Å². The second-order valence-electron chi connectivity index (χ2n) is 3.62. The molecule has 2 aromatic heterocycles. The van der Waals surface area contributed by atoms with Crippen molar-refractivity contribution in [3.63, 3.8) is 0 Å². The van der Waals surface area contributed by atoms with Crippen LogP contribution in [0.25, 0.3) is 0 Å². The quantitative estimate of drug-likeness (QED) is 0.836. The molecule has 0 radical (unpaired) electrons. The smallest absolute Gasteiger partial charge is 0.190 e. The SMILES string of the molecule is CCn1nc(C)c(Cl)c1CC(=O)c1cn[nH]n1. The largest absolute Gasteiger partial charge is 0.292 e. The van der Waals surface area contributed by atoms with Gasteiger partial charge in [-0.25, -0.2) is 0 Å². The summed E-state index contributed by atoms with van der Waals surface area (Å²) in [5, 5.41) is 14.6. The second-order valence-corrected chi connectivity index (χ2v) is 4.00. The van der Waals surface area contributed by atoms with Gasteiger partial charge in [0.1, 0.15) is 5.69 Å². The van der Waals surface area contributed by atoms with E-state index in [-0.39, 0.29) is 12.2 Å². The lowest BCUT2D eigenvalue weighted by atomic mass is 10.1. The zero-order valence-corrected chi connectivity index (χ0v) is 10.3. The van der Waals surface area contributed by atoms with E-state index in [9.17, 15) is 4.79 Å². The number of carbonyl (C=O) groups excluding carboxylic acids is 1. The average molecular weight is 254 g/mol. The third-order valence-electron chi connectivity index (χ3n) is 2.48. The van der Waals surface area contributed by atoms with Crippen LogP contribution in [0.15, 0.2) is 6.20 Å². The zero-order chi connectivity index (χ0) is 12.4. The molecule has 0 unspecified atom stereocenters. The molecular weight excluding hydrogens is 242 g/mol. The predicted octanol–water partition coefficient (Wildman–Crippen LogP) is 1.41. The molecule has 0 aromatic carbocycles. The number of hydrogen-bond donors (Lipinski definition) is 1. The van der Waals surface area contributed by atoms with Crippen LogP contribution in [0.2, 0.25) is 5.02 Å². The zero-order valence-electron chi connectivity index (χ0n) is 9.57.